The molecule has 2 heterocycles. The Morgan fingerprint density at radius 1 is 1.10 bits per heavy atom. The molecule has 2 atom stereocenters. The SMILES string of the molecule is CCNC(=O)c1noc(C2C=C(c3ccccc3)C(O)=CC2(O)C(C)C)c1-c1ccc(CN2CCOCC2)cc1. The molecule has 3 N–H and O–H groups in total. The van der Waals surface area contributed by atoms with Crippen LogP contribution in [0.4, 0.5) is 0 Å². The van der Waals surface area contributed by atoms with Crippen molar-refractivity contribution in [1.29, 1.82) is 0 Å². The van der Waals surface area contributed by atoms with Crippen molar-refractivity contribution in [2.24, 2.45) is 5.92 Å². The second-order valence-electron chi connectivity index (χ2n) is 10.7. The van der Waals surface area contributed by atoms with Crippen LogP contribution in [0.1, 0.15) is 54.1 Å². The molecule has 210 valence electrons. The lowest BCUT2D eigenvalue weighted by Gasteiger charge is -2.38. The van der Waals surface area contributed by atoms with Crippen LogP contribution >= 0.6 is 0 Å². The van der Waals surface area contributed by atoms with E-state index < -0.39 is 11.5 Å². The van der Waals surface area contributed by atoms with E-state index in [0.717, 1.165) is 49.5 Å². The van der Waals surface area contributed by atoms with Crippen molar-refractivity contribution in [3.05, 3.63) is 95.1 Å². The number of aliphatic hydroxyl groups is 2. The number of nitrogens with one attached hydrogen (secondary N) is 1. The van der Waals surface area contributed by atoms with Gasteiger partial charge in [-0.15, -0.1) is 0 Å². The number of allylic oxidation sites excluding steroid dienone is 1. The zero-order chi connectivity index (χ0) is 28.3. The van der Waals surface area contributed by atoms with E-state index in [4.69, 9.17) is 9.26 Å². The summed E-state index contributed by atoms with van der Waals surface area (Å²) in [5, 5.41) is 30.0. The summed E-state index contributed by atoms with van der Waals surface area (Å²) in [6, 6.07) is 17.6. The summed E-state index contributed by atoms with van der Waals surface area (Å²) in [6.07, 6.45) is 3.32. The van der Waals surface area contributed by atoms with Gasteiger partial charge in [0.1, 0.15) is 11.4 Å². The molecule has 1 aromatic heterocycles. The topological polar surface area (TPSA) is 108 Å². The van der Waals surface area contributed by atoms with Gasteiger partial charge in [0.2, 0.25) is 0 Å². The van der Waals surface area contributed by atoms with E-state index in [1.54, 1.807) is 0 Å². The van der Waals surface area contributed by atoms with E-state index >= 15 is 0 Å². The lowest BCUT2D eigenvalue weighted by Crippen LogP contribution is -2.41. The molecular weight excluding hydrogens is 506 g/mol. The van der Waals surface area contributed by atoms with Gasteiger partial charge in [-0.3, -0.25) is 9.69 Å². The number of aliphatic hydroxyl groups excluding tert-OH is 1. The first-order valence-electron chi connectivity index (χ1n) is 13.9. The Labute approximate surface area is 234 Å². The molecule has 1 aliphatic carbocycles. The summed E-state index contributed by atoms with van der Waals surface area (Å²) < 4.78 is 11.4. The van der Waals surface area contributed by atoms with Gasteiger partial charge in [-0.2, -0.15) is 0 Å². The van der Waals surface area contributed by atoms with Gasteiger partial charge in [-0.05, 0) is 35.6 Å². The standard InChI is InChI=1S/C32H37N3O5/c1-4-33-31(37)29-28(24-12-10-22(11-13-24)20-35-14-16-39-17-15-35)30(40-34-29)26-18-25(23-8-6-5-7-9-23)27(36)19-32(26,38)21(2)3/h5-13,18-19,21,26,36,38H,4,14-17,20H2,1-3H3,(H,33,37). The van der Waals surface area contributed by atoms with Gasteiger partial charge in [-0.25, -0.2) is 0 Å². The van der Waals surface area contributed by atoms with Crippen LogP contribution in [0.15, 0.2) is 77.0 Å². The Morgan fingerprint density at radius 3 is 2.45 bits per heavy atom. The number of carbonyl (C=O) groups excluding carboxylic acids is 1. The van der Waals surface area contributed by atoms with Crippen molar-refractivity contribution < 1.29 is 24.3 Å². The summed E-state index contributed by atoms with van der Waals surface area (Å²) in [7, 11) is 0. The molecule has 1 fully saturated rings. The third kappa shape index (κ3) is 5.47. The fourth-order valence-electron chi connectivity index (χ4n) is 5.43. The predicted molar refractivity (Wildman–Crippen MR) is 154 cm³/mol. The number of rotatable bonds is 8. The molecule has 0 saturated carbocycles. The summed E-state index contributed by atoms with van der Waals surface area (Å²) in [5.41, 5.74) is 2.53. The van der Waals surface area contributed by atoms with Crippen molar-refractivity contribution >= 4 is 11.5 Å². The van der Waals surface area contributed by atoms with E-state index in [1.807, 2.05) is 69.3 Å². The molecule has 1 aliphatic heterocycles. The minimum Gasteiger partial charge on any atom is -0.508 e. The van der Waals surface area contributed by atoms with E-state index in [0.29, 0.717) is 23.4 Å². The zero-order valence-corrected chi connectivity index (χ0v) is 23.3. The van der Waals surface area contributed by atoms with Crippen LogP contribution in [0.2, 0.25) is 0 Å². The second-order valence-corrected chi connectivity index (χ2v) is 10.7. The Hall–Kier alpha value is -3.72. The highest BCUT2D eigenvalue weighted by Gasteiger charge is 2.45. The maximum absolute atomic E-state index is 13.1. The number of carbonyl (C=O) groups is 1. The van der Waals surface area contributed by atoms with Crippen molar-refractivity contribution in [3.63, 3.8) is 0 Å². The smallest absolute Gasteiger partial charge is 0.274 e. The van der Waals surface area contributed by atoms with Crippen LogP contribution in [0.25, 0.3) is 16.7 Å². The van der Waals surface area contributed by atoms with Crippen LogP contribution in [-0.4, -0.2) is 64.6 Å². The van der Waals surface area contributed by atoms with Gasteiger partial charge in [0.25, 0.3) is 5.91 Å². The number of ether oxygens (including phenoxy) is 1. The first-order valence-corrected chi connectivity index (χ1v) is 13.9. The first kappa shape index (κ1) is 27.8. The van der Waals surface area contributed by atoms with E-state index in [2.05, 4.69) is 27.5 Å². The van der Waals surface area contributed by atoms with Crippen LogP contribution in [0, 0.1) is 5.92 Å². The number of hydrogen-bond acceptors (Lipinski definition) is 7. The highest BCUT2D eigenvalue weighted by atomic mass is 16.5. The van der Waals surface area contributed by atoms with E-state index in [-0.39, 0.29) is 23.3 Å². The van der Waals surface area contributed by atoms with Gasteiger partial charge in [0.05, 0.1) is 24.7 Å². The van der Waals surface area contributed by atoms with Gasteiger partial charge < -0.3 is 24.8 Å². The molecule has 0 radical (unpaired) electrons. The van der Waals surface area contributed by atoms with Gasteiger partial charge in [0, 0.05) is 31.8 Å². The Kier molecular flexibility index (Phi) is 8.21. The number of nitrogens with zero attached hydrogens (tertiary/aromatic N) is 2. The van der Waals surface area contributed by atoms with Gasteiger partial charge >= 0.3 is 0 Å². The number of amides is 1. The molecule has 2 aliphatic rings. The average Bonchev–Trinajstić information content (AvgIpc) is 3.39. The first-order chi connectivity index (χ1) is 19.3. The van der Waals surface area contributed by atoms with Crippen LogP contribution in [-0.2, 0) is 11.3 Å². The summed E-state index contributed by atoms with van der Waals surface area (Å²) in [6.45, 7) is 10.1. The number of morpholine rings is 1. The normalized spacial score (nSPS) is 21.7. The lowest BCUT2D eigenvalue weighted by atomic mass is 9.71. The van der Waals surface area contributed by atoms with Crippen LogP contribution in [0.5, 0.6) is 0 Å². The minimum absolute atomic E-state index is 0.00358. The largest absolute Gasteiger partial charge is 0.508 e. The van der Waals surface area contributed by atoms with Crippen molar-refractivity contribution in [3.8, 4) is 11.1 Å². The summed E-state index contributed by atoms with van der Waals surface area (Å²) >= 11 is 0. The number of hydrogen-bond donors (Lipinski definition) is 3. The molecule has 1 saturated heterocycles. The molecule has 5 rings (SSSR count). The van der Waals surface area contributed by atoms with Crippen LogP contribution < -0.4 is 5.32 Å². The zero-order valence-electron chi connectivity index (χ0n) is 23.3. The fourth-order valence-corrected chi connectivity index (χ4v) is 5.43. The predicted octanol–water partition coefficient (Wildman–Crippen LogP) is 4.93. The maximum atomic E-state index is 13.1. The molecule has 0 bridgehead atoms. The molecule has 8 heteroatoms. The molecule has 8 nitrogen and oxygen atoms in total. The molecule has 40 heavy (non-hydrogen) atoms. The summed E-state index contributed by atoms with van der Waals surface area (Å²) in [4.78, 5) is 15.5. The highest BCUT2D eigenvalue weighted by molar-refractivity contribution is 5.99. The van der Waals surface area contributed by atoms with Crippen molar-refractivity contribution in [2.75, 3.05) is 32.8 Å². The Bertz CT molecular complexity index is 1390. The number of benzene rings is 2. The molecular formula is C32H37N3O5. The molecule has 2 unspecified atom stereocenters. The van der Waals surface area contributed by atoms with E-state index in [9.17, 15) is 15.0 Å². The minimum atomic E-state index is -1.48. The molecule has 3 aromatic rings. The quantitative estimate of drug-likeness (QED) is 0.370. The highest BCUT2D eigenvalue weighted by Crippen LogP contribution is 2.47. The monoisotopic (exact) mass is 543 g/mol. The Balaban J connectivity index is 1.60. The average molecular weight is 544 g/mol. The van der Waals surface area contributed by atoms with Crippen molar-refractivity contribution in [2.45, 2.75) is 38.8 Å². The maximum Gasteiger partial charge on any atom is 0.274 e. The number of aromatic nitrogens is 1. The lowest BCUT2D eigenvalue weighted by molar-refractivity contribution is 0.0182. The fraction of sp³-hybridized carbons (Fsp3) is 0.375. The van der Waals surface area contributed by atoms with Crippen LogP contribution in [0.3, 0.4) is 0 Å². The summed E-state index contributed by atoms with van der Waals surface area (Å²) in [5.74, 6) is -0.974. The third-order valence-corrected chi connectivity index (χ3v) is 7.79. The Morgan fingerprint density at radius 2 is 1.80 bits per heavy atom. The molecule has 2 aromatic carbocycles. The molecule has 1 amide bonds. The van der Waals surface area contributed by atoms with Crippen molar-refractivity contribution in [1.82, 2.24) is 15.4 Å². The molecule has 0 spiro atoms. The third-order valence-electron chi connectivity index (χ3n) is 7.79. The van der Waals surface area contributed by atoms with Gasteiger partial charge in [-0.1, -0.05) is 79.7 Å². The second kappa shape index (κ2) is 11.8. The van der Waals surface area contributed by atoms with Gasteiger partial charge in [0.15, 0.2) is 11.5 Å². The van der Waals surface area contributed by atoms with E-state index in [1.165, 1.54) is 6.08 Å².